The molecule has 0 unspecified atom stereocenters. The van der Waals surface area contributed by atoms with Crippen molar-refractivity contribution >= 4 is 11.7 Å². The minimum atomic E-state index is -4.44. The number of urea groups is 1. The zero-order chi connectivity index (χ0) is 23.0. The van der Waals surface area contributed by atoms with E-state index in [2.05, 4.69) is 16.7 Å². The number of hydrogen-bond acceptors (Lipinski definition) is 3. The number of carbonyl (C=O) groups is 1. The van der Waals surface area contributed by atoms with Crippen LogP contribution in [0.1, 0.15) is 22.3 Å². The molecule has 3 rings (SSSR count). The van der Waals surface area contributed by atoms with Crippen LogP contribution in [-0.2, 0) is 25.7 Å². The van der Waals surface area contributed by atoms with Gasteiger partial charge in [0.05, 0.1) is 18.1 Å². The van der Waals surface area contributed by atoms with Crippen molar-refractivity contribution in [3.05, 3.63) is 95.1 Å². The molecule has 0 saturated heterocycles. The third-order valence-electron chi connectivity index (χ3n) is 4.57. The Morgan fingerprint density at radius 1 is 0.969 bits per heavy atom. The number of amides is 2. The Morgan fingerprint density at radius 3 is 2.44 bits per heavy atom. The van der Waals surface area contributed by atoms with E-state index in [0.29, 0.717) is 23.4 Å². The van der Waals surface area contributed by atoms with Crippen molar-refractivity contribution in [1.82, 2.24) is 5.32 Å². The molecule has 5 nitrogen and oxygen atoms in total. The van der Waals surface area contributed by atoms with Crippen molar-refractivity contribution in [2.45, 2.75) is 25.7 Å². The highest BCUT2D eigenvalue weighted by atomic mass is 19.4. The normalized spacial score (nSPS) is 10.8. The maximum absolute atomic E-state index is 12.8. The van der Waals surface area contributed by atoms with E-state index in [1.54, 1.807) is 36.4 Å². The molecule has 0 fully saturated rings. The van der Waals surface area contributed by atoms with Gasteiger partial charge in [0.1, 0.15) is 12.4 Å². The predicted octanol–water partition coefficient (Wildman–Crippen LogP) is 5.67. The second-order valence-corrected chi connectivity index (χ2v) is 6.93. The van der Waals surface area contributed by atoms with E-state index in [0.717, 1.165) is 23.3 Å². The topological polar surface area (TPSA) is 74.1 Å². The lowest BCUT2D eigenvalue weighted by Crippen LogP contribution is -2.28. The van der Waals surface area contributed by atoms with Gasteiger partial charge >= 0.3 is 12.2 Å². The molecule has 0 bridgehead atoms. The van der Waals surface area contributed by atoms with Crippen LogP contribution in [-0.4, -0.2) is 6.03 Å². The first kappa shape index (κ1) is 22.7. The maximum Gasteiger partial charge on any atom is 0.416 e. The lowest BCUT2D eigenvalue weighted by atomic mass is 10.1. The molecule has 0 heterocycles. The van der Waals surface area contributed by atoms with Gasteiger partial charge in [-0.15, -0.1) is 0 Å². The highest BCUT2D eigenvalue weighted by molar-refractivity contribution is 5.90. The number of ether oxygens (including phenoxy) is 1. The van der Waals surface area contributed by atoms with Crippen molar-refractivity contribution in [2.75, 3.05) is 5.32 Å². The van der Waals surface area contributed by atoms with Crippen LogP contribution in [0.2, 0.25) is 0 Å². The monoisotopic (exact) mass is 439 g/mol. The Hall–Kier alpha value is -3.99. The van der Waals surface area contributed by atoms with Crippen molar-refractivity contribution in [3.63, 3.8) is 0 Å². The Kier molecular flexibility index (Phi) is 7.34. The van der Waals surface area contributed by atoms with Gasteiger partial charge in [0.25, 0.3) is 0 Å². The molecule has 0 aliphatic carbocycles. The van der Waals surface area contributed by atoms with Gasteiger partial charge in [0, 0.05) is 17.8 Å². The Labute approximate surface area is 183 Å². The molecule has 8 heteroatoms. The summed E-state index contributed by atoms with van der Waals surface area (Å²) in [5.41, 5.74) is 1.71. The van der Waals surface area contributed by atoms with Crippen LogP contribution >= 0.6 is 0 Å². The van der Waals surface area contributed by atoms with E-state index < -0.39 is 17.8 Å². The Balaban J connectivity index is 1.57. The average molecular weight is 439 g/mol. The molecule has 3 aromatic rings. The molecular formula is C24H20F3N3O2. The van der Waals surface area contributed by atoms with Gasteiger partial charge < -0.3 is 15.4 Å². The number of carbonyl (C=O) groups excluding carboxylic acids is 1. The third kappa shape index (κ3) is 6.51. The minimum absolute atomic E-state index is 0.0521. The number of alkyl halides is 3. The van der Waals surface area contributed by atoms with E-state index >= 15 is 0 Å². The fourth-order valence-corrected chi connectivity index (χ4v) is 2.93. The summed E-state index contributed by atoms with van der Waals surface area (Å²) in [7, 11) is 0. The Bertz CT molecular complexity index is 1110. The van der Waals surface area contributed by atoms with Crippen LogP contribution < -0.4 is 15.4 Å². The van der Waals surface area contributed by atoms with Gasteiger partial charge in [-0.1, -0.05) is 42.5 Å². The van der Waals surface area contributed by atoms with Crippen LogP contribution in [0.15, 0.2) is 72.8 Å². The quantitative estimate of drug-likeness (QED) is 0.498. The molecule has 164 valence electrons. The summed E-state index contributed by atoms with van der Waals surface area (Å²) in [6.45, 7) is 0.144. The second-order valence-electron chi connectivity index (χ2n) is 6.93. The van der Waals surface area contributed by atoms with E-state index in [1.807, 2.05) is 12.1 Å². The van der Waals surface area contributed by atoms with E-state index in [4.69, 9.17) is 10.00 Å². The van der Waals surface area contributed by atoms with Crippen molar-refractivity contribution in [3.8, 4) is 11.8 Å². The van der Waals surface area contributed by atoms with Crippen molar-refractivity contribution in [1.29, 1.82) is 5.26 Å². The summed E-state index contributed by atoms with van der Waals surface area (Å²) in [6, 6.07) is 20.6. The summed E-state index contributed by atoms with van der Waals surface area (Å²) in [4.78, 5) is 12.3. The van der Waals surface area contributed by atoms with Crippen LogP contribution in [0.5, 0.6) is 5.75 Å². The van der Waals surface area contributed by atoms with Gasteiger partial charge in [-0.2, -0.15) is 18.4 Å². The zero-order valence-corrected chi connectivity index (χ0v) is 16.9. The summed E-state index contributed by atoms with van der Waals surface area (Å²) in [6.07, 6.45) is -4.12. The lowest BCUT2D eigenvalue weighted by molar-refractivity contribution is -0.137. The van der Waals surface area contributed by atoms with Gasteiger partial charge in [0.2, 0.25) is 0 Å². The maximum atomic E-state index is 12.8. The molecule has 32 heavy (non-hydrogen) atoms. The SMILES string of the molecule is N#CCc1ccc(OCc2ccccc2NC(=O)NCc2cccc(C(F)(F)F)c2)cc1. The molecule has 0 radical (unpaired) electrons. The van der Waals surface area contributed by atoms with Gasteiger partial charge in [-0.3, -0.25) is 0 Å². The minimum Gasteiger partial charge on any atom is -0.489 e. The summed E-state index contributed by atoms with van der Waals surface area (Å²) < 4.78 is 44.2. The highest BCUT2D eigenvalue weighted by Crippen LogP contribution is 2.29. The van der Waals surface area contributed by atoms with Crippen LogP contribution in [0.25, 0.3) is 0 Å². The molecule has 0 aliphatic rings. The number of para-hydroxylation sites is 1. The molecule has 0 aromatic heterocycles. The molecule has 0 saturated carbocycles. The number of halogens is 3. The first-order chi connectivity index (χ1) is 15.3. The van der Waals surface area contributed by atoms with E-state index in [1.165, 1.54) is 12.1 Å². The molecule has 2 N–H and O–H groups in total. The van der Waals surface area contributed by atoms with Crippen LogP contribution in [0, 0.1) is 11.3 Å². The molecular weight excluding hydrogens is 419 g/mol. The predicted molar refractivity (Wildman–Crippen MR) is 114 cm³/mol. The second kappa shape index (κ2) is 10.4. The molecule has 0 spiro atoms. The number of anilines is 1. The number of benzene rings is 3. The summed E-state index contributed by atoms with van der Waals surface area (Å²) in [5.74, 6) is 0.621. The number of nitriles is 1. The molecule has 3 aromatic carbocycles. The number of hydrogen-bond donors (Lipinski definition) is 2. The smallest absolute Gasteiger partial charge is 0.416 e. The average Bonchev–Trinajstić information content (AvgIpc) is 2.78. The molecule has 0 aliphatic heterocycles. The van der Waals surface area contributed by atoms with E-state index in [-0.39, 0.29) is 13.2 Å². The first-order valence-electron chi connectivity index (χ1n) is 9.73. The van der Waals surface area contributed by atoms with Gasteiger partial charge in [-0.05, 0) is 41.5 Å². The fourth-order valence-electron chi connectivity index (χ4n) is 2.93. The zero-order valence-electron chi connectivity index (χ0n) is 16.9. The highest BCUT2D eigenvalue weighted by Gasteiger charge is 2.30. The fraction of sp³-hybridized carbons (Fsp3) is 0.167. The standard InChI is InChI=1S/C24H20F3N3O2/c25-24(26,27)20-6-3-4-18(14-20)15-29-23(31)30-22-7-2-1-5-19(22)16-32-21-10-8-17(9-11-21)12-13-28/h1-11,14H,12,15-16H2,(H2,29,30,31). The van der Waals surface area contributed by atoms with Gasteiger partial charge in [-0.25, -0.2) is 4.79 Å². The third-order valence-corrected chi connectivity index (χ3v) is 4.57. The number of nitrogens with zero attached hydrogens (tertiary/aromatic N) is 1. The van der Waals surface area contributed by atoms with Crippen molar-refractivity contribution < 1.29 is 22.7 Å². The lowest BCUT2D eigenvalue weighted by Gasteiger charge is -2.14. The summed E-state index contributed by atoms with van der Waals surface area (Å²) in [5, 5.41) is 14.0. The summed E-state index contributed by atoms with van der Waals surface area (Å²) >= 11 is 0. The Morgan fingerprint density at radius 2 is 1.72 bits per heavy atom. The van der Waals surface area contributed by atoms with Crippen LogP contribution in [0.4, 0.5) is 23.7 Å². The van der Waals surface area contributed by atoms with Gasteiger partial charge in [0.15, 0.2) is 0 Å². The largest absolute Gasteiger partial charge is 0.489 e. The van der Waals surface area contributed by atoms with E-state index in [9.17, 15) is 18.0 Å². The van der Waals surface area contributed by atoms with Crippen molar-refractivity contribution in [2.24, 2.45) is 0 Å². The van der Waals surface area contributed by atoms with Crippen LogP contribution in [0.3, 0.4) is 0 Å². The molecule has 2 amide bonds. The molecule has 0 atom stereocenters. The first-order valence-corrected chi connectivity index (χ1v) is 9.73. The number of nitrogens with one attached hydrogen (secondary N) is 2. The number of rotatable bonds is 7.